The summed E-state index contributed by atoms with van der Waals surface area (Å²) in [6, 6.07) is 4.71. The average molecular weight is 262 g/mol. The molecule has 100 valence electrons. The molecule has 0 bridgehead atoms. The van der Waals surface area contributed by atoms with Gasteiger partial charge in [0.25, 0.3) is 0 Å². The van der Waals surface area contributed by atoms with Crippen LogP contribution in [0.15, 0.2) is 24.4 Å². The van der Waals surface area contributed by atoms with Crippen molar-refractivity contribution in [2.45, 2.75) is 6.61 Å². The van der Waals surface area contributed by atoms with Crippen molar-refractivity contribution in [3.63, 3.8) is 0 Å². The van der Waals surface area contributed by atoms with Crippen LogP contribution in [0.1, 0.15) is 16.1 Å². The third-order valence-electron chi connectivity index (χ3n) is 2.47. The van der Waals surface area contributed by atoms with Crippen molar-refractivity contribution in [3.05, 3.63) is 35.7 Å². The van der Waals surface area contributed by atoms with Gasteiger partial charge in [0, 0.05) is 7.05 Å². The zero-order valence-corrected chi connectivity index (χ0v) is 10.7. The Morgan fingerprint density at radius 1 is 1.47 bits per heavy atom. The number of aryl methyl sites for hydroxylation is 1. The highest BCUT2D eigenvalue weighted by Gasteiger charge is 2.11. The van der Waals surface area contributed by atoms with Crippen molar-refractivity contribution in [2.75, 3.05) is 12.8 Å². The number of nitrogen functional groups attached to an aromatic ring is 1. The Morgan fingerprint density at radius 2 is 2.26 bits per heavy atom. The summed E-state index contributed by atoms with van der Waals surface area (Å²) in [6.45, 7) is 0.0688. The normalized spacial score (nSPS) is 10.2. The molecule has 1 heterocycles. The van der Waals surface area contributed by atoms with Crippen LogP contribution >= 0.6 is 0 Å². The number of esters is 1. The molecule has 0 saturated carbocycles. The number of hydrogen-bond acceptors (Lipinski definition) is 6. The van der Waals surface area contributed by atoms with Crippen LogP contribution in [0, 0.1) is 0 Å². The van der Waals surface area contributed by atoms with Gasteiger partial charge >= 0.3 is 5.97 Å². The molecule has 0 unspecified atom stereocenters. The van der Waals surface area contributed by atoms with E-state index in [4.69, 9.17) is 15.2 Å². The number of nitrogens with two attached hydrogens (primary N) is 1. The fraction of sp³-hybridized carbons (Fsp3) is 0.250. The number of aromatic nitrogens is 3. The molecule has 19 heavy (non-hydrogen) atoms. The monoisotopic (exact) mass is 262 g/mol. The van der Waals surface area contributed by atoms with E-state index in [2.05, 4.69) is 10.3 Å². The van der Waals surface area contributed by atoms with Crippen LogP contribution in [-0.4, -0.2) is 28.1 Å². The fourth-order valence-corrected chi connectivity index (χ4v) is 1.52. The van der Waals surface area contributed by atoms with Gasteiger partial charge in [-0.3, -0.25) is 4.68 Å². The molecule has 2 aromatic rings. The van der Waals surface area contributed by atoms with Gasteiger partial charge in [-0.15, -0.1) is 5.10 Å². The number of rotatable bonds is 4. The molecule has 0 aliphatic carbocycles. The van der Waals surface area contributed by atoms with Gasteiger partial charge in [-0.1, -0.05) is 5.21 Å². The molecule has 2 rings (SSSR count). The van der Waals surface area contributed by atoms with E-state index >= 15 is 0 Å². The average Bonchev–Trinajstić information content (AvgIpc) is 2.82. The summed E-state index contributed by atoms with van der Waals surface area (Å²) in [4.78, 5) is 11.8. The number of ether oxygens (including phenoxy) is 2. The first-order valence-corrected chi connectivity index (χ1v) is 5.56. The van der Waals surface area contributed by atoms with Crippen molar-refractivity contribution in [3.8, 4) is 5.75 Å². The number of methoxy groups -OCH3 is 1. The van der Waals surface area contributed by atoms with Gasteiger partial charge in [-0.25, -0.2) is 4.79 Å². The first-order chi connectivity index (χ1) is 9.10. The lowest BCUT2D eigenvalue weighted by Gasteiger charge is -2.07. The van der Waals surface area contributed by atoms with Crippen LogP contribution in [0.3, 0.4) is 0 Å². The van der Waals surface area contributed by atoms with Gasteiger partial charge in [0.1, 0.15) is 18.1 Å². The molecule has 0 fully saturated rings. The third-order valence-corrected chi connectivity index (χ3v) is 2.47. The van der Waals surface area contributed by atoms with E-state index in [1.165, 1.54) is 17.9 Å². The summed E-state index contributed by atoms with van der Waals surface area (Å²) in [7, 11) is 3.23. The number of benzene rings is 1. The Balaban J connectivity index is 2.03. The van der Waals surface area contributed by atoms with E-state index in [1.54, 1.807) is 25.4 Å². The number of carbonyl (C=O) groups is 1. The smallest absolute Gasteiger partial charge is 0.338 e. The first-order valence-electron chi connectivity index (χ1n) is 5.56. The summed E-state index contributed by atoms with van der Waals surface area (Å²) >= 11 is 0. The number of carbonyl (C=O) groups excluding carboxylic acids is 1. The highest BCUT2D eigenvalue weighted by molar-refractivity contribution is 5.90. The quantitative estimate of drug-likeness (QED) is 0.646. The van der Waals surface area contributed by atoms with Crippen molar-refractivity contribution in [1.29, 1.82) is 0 Å². The zero-order valence-electron chi connectivity index (χ0n) is 10.7. The number of anilines is 1. The minimum Gasteiger partial charge on any atom is -0.495 e. The predicted octanol–water partition coefficient (Wildman–Crippen LogP) is 0.763. The molecule has 0 aliphatic heterocycles. The maximum absolute atomic E-state index is 11.8. The van der Waals surface area contributed by atoms with E-state index in [0.29, 0.717) is 22.7 Å². The highest BCUT2D eigenvalue weighted by Crippen LogP contribution is 2.22. The van der Waals surface area contributed by atoms with Crippen LogP contribution in [0.2, 0.25) is 0 Å². The standard InChI is InChI=1S/C12H14N4O3/c1-16-6-9(14-15-16)7-19-12(17)8-3-4-10(13)11(5-8)18-2/h3-6H,7,13H2,1-2H3. The Morgan fingerprint density at radius 3 is 2.89 bits per heavy atom. The van der Waals surface area contributed by atoms with E-state index in [-0.39, 0.29) is 6.61 Å². The minimum absolute atomic E-state index is 0.0688. The molecule has 0 atom stereocenters. The Kier molecular flexibility index (Phi) is 3.65. The predicted molar refractivity (Wildman–Crippen MR) is 67.5 cm³/mol. The SMILES string of the molecule is COc1cc(C(=O)OCc2cn(C)nn2)ccc1N. The van der Waals surface area contributed by atoms with Crippen LogP contribution < -0.4 is 10.5 Å². The Labute approximate surface area is 109 Å². The lowest BCUT2D eigenvalue weighted by Crippen LogP contribution is -2.06. The molecule has 0 radical (unpaired) electrons. The summed E-state index contributed by atoms with van der Waals surface area (Å²) in [6.07, 6.45) is 1.68. The highest BCUT2D eigenvalue weighted by atomic mass is 16.5. The van der Waals surface area contributed by atoms with Crippen molar-refractivity contribution < 1.29 is 14.3 Å². The second-order valence-corrected chi connectivity index (χ2v) is 3.92. The van der Waals surface area contributed by atoms with Crippen molar-refractivity contribution in [2.24, 2.45) is 7.05 Å². The molecule has 1 aromatic heterocycles. The largest absolute Gasteiger partial charge is 0.495 e. The maximum atomic E-state index is 11.8. The molecule has 7 heteroatoms. The summed E-state index contributed by atoms with van der Waals surface area (Å²) in [5.74, 6) is -0.0297. The lowest BCUT2D eigenvalue weighted by molar-refractivity contribution is 0.0467. The Bertz CT molecular complexity index is 594. The molecule has 0 spiro atoms. The molecule has 0 saturated heterocycles. The number of hydrogen-bond donors (Lipinski definition) is 1. The van der Waals surface area contributed by atoms with Crippen LogP contribution in [0.5, 0.6) is 5.75 Å². The zero-order chi connectivity index (χ0) is 13.8. The summed E-state index contributed by atoms with van der Waals surface area (Å²) in [5.41, 5.74) is 7.09. The maximum Gasteiger partial charge on any atom is 0.338 e. The molecule has 1 aromatic carbocycles. The third kappa shape index (κ3) is 3.01. The van der Waals surface area contributed by atoms with Crippen LogP contribution in [0.25, 0.3) is 0 Å². The molecule has 0 amide bonds. The van der Waals surface area contributed by atoms with E-state index in [9.17, 15) is 4.79 Å². The van der Waals surface area contributed by atoms with Crippen molar-refractivity contribution in [1.82, 2.24) is 15.0 Å². The van der Waals surface area contributed by atoms with Gasteiger partial charge in [-0.2, -0.15) is 0 Å². The second kappa shape index (κ2) is 5.38. The molecular weight excluding hydrogens is 248 g/mol. The van der Waals surface area contributed by atoms with Gasteiger partial charge in [0.15, 0.2) is 0 Å². The van der Waals surface area contributed by atoms with E-state index in [0.717, 1.165) is 0 Å². The van der Waals surface area contributed by atoms with Gasteiger partial charge in [0.05, 0.1) is 24.6 Å². The summed E-state index contributed by atoms with van der Waals surface area (Å²) < 4.78 is 11.7. The van der Waals surface area contributed by atoms with E-state index in [1.807, 2.05) is 0 Å². The minimum atomic E-state index is -0.469. The first kappa shape index (κ1) is 12.9. The number of nitrogens with zero attached hydrogens (tertiary/aromatic N) is 3. The Hall–Kier alpha value is -2.57. The summed E-state index contributed by atoms with van der Waals surface area (Å²) in [5, 5.41) is 7.57. The van der Waals surface area contributed by atoms with E-state index < -0.39 is 5.97 Å². The molecular formula is C12H14N4O3. The topological polar surface area (TPSA) is 92.3 Å². The molecule has 0 aliphatic rings. The lowest BCUT2D eigenvalue weighted by atomic mass is 10.2. The molecule has 7 nitrogen and oxygen atoms in total. The van der Waals surface area contributed by atoms with Gasteiger partial charge < -0.3 is 15.2 Å². The van der Waals surface area contributed by atoms with Crippen molar-refractivity contribution >= 4 is 11.7 Å². The fourth-order valence-electron chi connectivity index (χ4n) is 1.52. The van der Waals surface area contributed by atoms with Crippen LogP contribution in [0.4, 0.5) is 5.69 Å². The molecule has 2 N–H and O–H groups in total. The second-order valence-electron chi connectivity index (χ2n) is 3.92. The van der Waals surface area contributed by atoms with Gasteiger partial charge in [0.2, 0.25) is 0 Å². The van der Waals surface area contributed by atoms with Gasteiger partial charge in [-0.05, 0) is 18.2 Å². The van der Waals surface area contributed by atoms with Crippen LogP contribution in [-0.2, 0) is 18.4 Å².